The van der Waals surface area contributed by atoms with Crippen LogP contribution in [-0.2, 0) is 4.74 Å². The van der Waals surface area contributed by atoms with Gasteiger partial charge < -0.3 is 4.74 Å². The molecule has 0 atom stereocenters. The number of hydrogen-bond acceptors (Lipinski definition) is 3. The molecule has 2 heterocycles. The highest BCUT2D eigenvalue weighted by Crippen LogP contribution is 2.40. The number of carbonyl (C=O) groups excluding carboxylic acids is 1. The highest BCUT2D eigenvalue weighted by atomic mass is 35.5. The smallest absolute Gasteiger partial charge is 0.343 e. The van der Waals surface area contributed by atoms with Gasteiger partial charge >= 0.3 is 5.97 Å². The number of ether oxygens (including phenoxy) is 1. The molecule has 0 fully saturated rings. The zero-order valence-corrected chi connectivity index (χ0v) is 15.4. The van der Waals surface area contributed by atoms with Crippen LogP contribution in [0.3, 0.4) is 0 Å². The van der Waals surface area contributed by atoms with E-state index < -0.39 is 5.97 Å². The summed E-state index contributed by atoms with van der Waals surface area (Å²) in [7, 11) is 0. The van der Waals surface area contributed by atoms with Gasteiger partial charge in [-0.3, -0.25) is 4.40 Å². The van der Waals surface area contributed by atoms with Gasteiger partial charge in [-0.25, -0.2) is 9.78 Å². The van der Waals surface area contributed by atoms with Crippen LogP contribution in [0.4, 0.5) is 0 Å². The first-order valence-electron chi connectivity index (χ1n) is 8.14. The van der Waals surface area contributed by atoms with Crippen molar-refractivity contribution < 1.29 is 9.53 Å². The van der Waals surface area contributed by atoms with E-state index in [1.165, 1.54) is 0 Å². The number of hydrogen-bond donors (Lipinski definition) is 0. The first-order chi connectivity index (χ1) is 12.6. The minimum atomic E-state index is -0.522. The van der Waals surface area contributed by atoms with Crippen LogP contribution in [0, 0.1) is 0 Å². The number of fused-ring (bicyclic) bond motifs is 3. The van der Waals surface area contributed by atoms with Crippen molar-refractivity contribution >= 4 is 45.9 Å². The molecule has 4 aromatic rings. The number of para-hydroxylation sites is 2. The molecule has 0 radical (unpaired) electrons. The summed E-state index contributed by atoms with van der Waals surface area (Å²) in [4.78, 5) is 17.2. The molecule has 130 valence electrons. The lowest BCUT2D eigenvalue weighted by atomic mass is 10.1. The van der Waals surface area contributed by atoms with Crippen molar-refractivity contribution in [2.45, 2.75) is 6.92 Å². The second kappa shape index (κ2) is 6.63. The Bertz CT molecular complexity index is 1140. The van der Waals surface area contributed by atoms with E-state index in [0.717, 1.165) is 16.6 Å². The van der Waals surface area contributed by atoms with Crippen molar-refractivity contribution in [3.8, 4) is 11.1 Å². The van der Waals surface area contributed by atoms with Crippen LogP contribution in [-0.4, -0.2) is 22.0 Å². The van der Waals surface area contributed by atoms with Gasteiger partial charge in [0, 0.05) is 5.56 Å². The lowest BCUT2D eigenvalue weighted by molar-refractivity contribution is 0.0528. The van der Waals surface area contributed by atoms with Gasteiger partial charge in [0.2, 0.25) is 0 Å². The van der Waals surface area contributed by atoms with Crippen LogP contribution in [0.1, 0.15) is 17.3 Å². The summed E-state index contributed by atoms with van der Waals surface area (Å²) in [6, 6.07) is 17.0. The Hall–Kier alpha value is -2.56. The van der Waals surface area contributed by atoms with Crippen molar-refractivity contribution in [3.63, 3.8) is 0 Å². The Morgan fingerprint density at radius 1 is 1.08 bits per heavy atom. The van der Waals surface area contributed by atoms with Gasteiger partial charge in [0.1, 0.15) is 10.7 Å². The summed E-state index contributed by atoms with van der Waals surface area (Å²) in [5, 5.41) is 0.639. The molecular weight excluding hydrogens is 371 g/mol. The number of pyridine rings is 1. The first-order valence-corrected chi connectivity index (χ1v) is 8.89. The second-order valence-electron chi connectivity index (χ2n) is 5.70. The maximum absolute atomic E-state index is 12.6. The van der Waals surface area contributed by atoms with E-state index in [1.54, 1.807) is 11.3 Å². The highest BCUT2D eigenvalue weighted by Gasteiger charge is 2.26. The topological polar surface area (TPSA) is 43.6 Å². The van der Waals surface area contributed by atoms with Crippen LogP contribution >= 0.6 is 23.2 Å². The Morgan fingerprint density at radius 3 is 2.50 bits per heavy atom. The number of carbonyl (C=O) groups is 1. The van der Waals surface area contributed by atoms with Gasteiger partial charge in [-0.2, -0.15) is 0 Å². The Balaban J connectivity index is 2.19. The number of nitrogens with zero attached hydrogens (tertiary/aromatic N) is 2. The predicted molar refractivity (Wildman–Crippen MR) is 104 cm³/mol. The third-order valence-corrected chi connectivity index (χ3v) is 4.90. The number of rotatable bonds is 3. The molecule has 6 heteroatoms. The zero-order chi connectivity index (χ0) is 18.3. The molecule has 0 N–H and O–H groups in total. The molecule has 0 saturated carbocycles. The fourth-order valence-corrected chi connectivity index (χ4v) is 3.84. The van der Waals surface area contributed by atoms with Crippen LogP contribution < -0.4 is 0 Å². The fourth-order valence-electron chi connectivity index (χ4n) is 3.05. The number of benzene rings is 2. The van der Waals surface area contributed by atoms with E-state index in [4.69, 9.17) is 27.9 Å². The van der Waals surface area contributed by atoms with E-state index in [1.807, 2.05) is 54.6 Å². The van der Waals surface area contributed by atoms with Crippen LogP contribution in [0.2, 0.25) is 10.2 Å². The molecule has 0 saturated heterocycles. The monoisotopic (exact) mass is 384 g/mol. The minimum Gasteiger partial charge on any atom is -0.462 e. The molecule has 0 aliphatic rings. The maximum Gasteiger partial charge on any atom is 0.343 e. The average molecular weight is 385 g/mol. The standard InChI is InChI=1S/C20H14Cl2N2O2/c1-2-26-20(25)16-17(21)15(12-8-4-3-5-9-12)18(22)24-14-11-7-6-10-13(14)23-19(16)24/h3-11H,2H2,1H3. The van der Waals surface area contributed by atoms with Gasteiger partial charge in [-0.15, -0.1) is 0 Å². The summed E-state index contributed by atoms with van der Waals surface area (Å²) >= 11 is 13.4. The number of esters is 1. The van der Waals surface area contributed by atoms with Crippen molar-refractivity contribution in [1.82, 2.24) is 9.38 Å². The van der Waals surface area contributed by atoms with E-state index in [9.17, 15) is 4.79 Å². The van der Waals surface area contributed by atoms with Crippen molar-refractivity contribution in [2.75, 3.05) is 6.61 Å². The quantitative estimate of drug-likeness (QED) is 0.339. The molecule has 0 unspecified atom stereocenters. The lowest BCUT2D eigenvalue weighted by Gasteiger charge is -2.14. The van der Waals surface area contributed by atoms with Crippen molar-refractivity contribution in [2.24, 2.45) is 0 Å². The number of aromatic nitrogens is 2. The zero-order valence-electron chi connectivity index (χ0n) is 13.9. The highest BCUT2D eigenvalue weighted by molar-refractivity contribution is 6.41. The number of imidazole rings is 1. The third kappa shape index (κ3) is 2.54. The number of halogens is 2. The largest absolute Gasteiger partial charge is 0.462 e. The minimum absolute atomic E-state index is 0.216. The van der Waals surface area contributed by atoms with E-state index in [-0.39, 0.29) is 17.2 Å². The first kappa shape index (κ1) is 16.9. The fraction of sp³-hybridized carbons (Fsp3) is 0.100. The summed E-state index contributed by atoms with van der Waals surface area (Å²) < 4.78 is 6.97. The van der Waals surface area contributed by atoms with Crippen molar-refractivity contribution in [3.05, 3.63) is 70.3 Å². The summed E-state index contributed by atoms with van der Waals surface area (Å²) in [5.41, 5.74) is 3.51. The molecule has 2 aromatic heterocycles. The SMILES string of the molecule is CCOC(=O)c1c(Cl)c(-c2ccccc2)c(Cl)n2c1nc1ccccc12. The summed E-state index contributed by atoms with van der Waals surface area (Å²) in [6.07, 6.45) is 0. The molecule has 0 bridgehead atoms. The maximum atomic E-state index is 12.6. The molecule has 0 aliphatic carbocycles. The van der Waals surface area contributed by atoms with Gasteiger partial charge in [-0.1, -0.05) is 65.7 Å². The van der Waals surface area contributed by atoms with Crippen LogP contribution in [0.25, 0.3) is 27.8 Å². The van der Waals surface area contributed by atoms with Crippen molar-refractivity contribution in [1.29, 1.82) is 0 Å². The summed E-state index contributed by atoms with van der Waals surface area (Å²) in [6.45, 7) is 1.99. The van der Waals surface area contributed by atoms with Crippen LogP contribution in [0.5, 0.6) is 0 Å². The molecule has 0 amide bonds. The average Bonchev–Trinajstić information content (AvgIpc) is 3.02. The third-order valence-electron chi connectivity index (χ3n) is 4.17. The van der Waals surface area contributed by atoms with Gasteiger partial charge in [0.25, 0.3) is 0 Å². The molecule has 0 spiro atoms. The van der Waals surface area contributed by atoms with E-state index in [2.05, 4.69) is 4.98 Å². The molecule has 4 nitrogen and oxygen atoms in total. The molecule has 2 aromatic carbocycles. The second-order valence-corrected chi connectivity index (χ2v) is 6.44. The van der Waals surface area contributed by atoms with Crippen LogP contribution in [0.15, 0.2) is 54.6 Å². The van der Waals surface area contributed by atoms with E-state index >= 15 is 0 Å². The molecule has 0 aliphatic heterocycles. The molecule has 4 rings (SSSR count). The Kier molecular flexibility index (Phi) is 4.31. The Morgan fingerprint density at radius 2 is 1.77 bits per heavy atom. The van der Waals surface area contributed by atoms with Gasteiger partial charge in [0.05, 0.1) is 22.7 Å². The van der Waals surface area contributed by atoms with Gasteiger partial charge in [0.15, 0.2) is 5.65 Å². The van der Waals surface area contributed by atoms with E-state index in [0.29, 0.717) is 16.4 Å². The Labute approximate surface area is 159 Å². The molecule has 26 heavy (non-hydrogen) atoms. The lowest BCUT2D eigenvalue weighted by Crippen LogP contribution is -2.10. The summed E-state index contributed by atoms with van der Waals surface area (Å²) in [5.74, 6) is -0.522. The predicted octanol–water partition coefficient (Wildman–Crippen LogP) is 5.64. The molecular formula is C20H14Cl2N2O2. The van der Waals surface area contributed by atoms with Gasteiger partial charge in [-0.05, 0) is 24.6 Å². The normalized spacial score (nSPS) is 11.2.